The Morgan fingerprint density at radius 1 is 1.44 bits per heavy atom. The summed E-state index contributed by atoms with van der Waals surface area (Å²) in [5, 5.41) is 2.52. The fraction of sp³-hybridized carbons (Fsp3) is 0.235. The van der Waals surface area contributed by atoms with Crippen LogP contribution in [0.1, 0.15) is 18.5 Å². The molecule has 0 saturated carbocycles. The number of nitrogens with zero attached hydrogens (tertiary/aromatic N) is 2. The van der Waals surface area contributed by atoms with E-state index in [9.17, 15) is 4.79 Å². The lowest BCUT2D eigenvalue weighted by atomic mass is 10.2. The maximum Gasteiger partial charge on any atom is 0.311 e. The van der Waals surface area contributed by atoms with Crippen LogP contribution in [0.15, 0.2) is 44.6 Å². The SMILES string of the molecule is CCOC(=O)Cc1csc(SCc2ncc(-c3cccc(Cl)c3)o2)n1. The zero-order chi connectivity index (χ0) is 17.6. The molecule has 2 heterocycles. The number of hydrogen-bond donors (Lipinski definition) is 0. The number of carbonyl (C=O) groups excluding carboxylic acids is 1. The number of oxazole rings is 1. The lowest BCUT2D eigenvalue weighted by molar-refractivity contribution is -0.142. The van der Waals surface area contributed by atoms with Gasteiger partial charge in [-0.1, -0.05) is 35.5 Å². The van der Waals surface area contributed by atoms with Crippen LogP contribution in [0.3, 0.4) is 0 Å². The summed E-state index contributed by atoms with van der Waals surface area (Å²) in [4.78, 5) is 20.2. The van der Waals surface area contributed by atoms with E-state index in [2.05, 4.69) is 9.97 Å². The molecule has 130 valence electrons. The van der Waals surface area contributed by atoms with Crippen LogP contribution < -0.4 is 0 Å². The summed E-state index contributed by atoms with van der Waals surface area (Å²) in [5.74, 6) is 1.60. The highest BCUT2D eigenvalue weighted by Crippen LogP contribution is 2.29. The minimum atomic E-state index is -0.261. The number of benzene rings is 1. The molecule has 0 aliphatic rings. The molecule has 2 aromatic heterocycles. The fourth-order valence-corrected chi connectivity index (χ4v) is 3.96. The zero-order valence-electron chi connectivity index (χ0n) is 13.4. The molecule has 0 bridgehead atoms. The van der Waals surface area contributed by atoms with Crippen molar-refractivity contribution in [3.63, 3.8) is 0 Å². The van der Waals surface area contributed by atoms with Gasteiger partial charge in [0.15, 0.2) is 10.1 Å². The van der Waals surface area contributed by atoms with Crippen molar-refractivity contribution in [2.75, 3.05) is 6.61 Å². The minimum absolute atomic E-state index is 0.197. The summed E-state index contributed by atoms with van der Waals surface area (Å²) in [5.41, 5.74) is 1.61. The summed E-state index contributed by atoms with van der Waals surface area (Å²) in [6.45, 7) is 2.16. The molecule has 0 aliphatic heterocycles. The molecule has 0 fully saturated rings. The van der Waals surface area contributed by atoms with E-state index in [1.165, 1.54) is 23.1 Å². The maximum atomic E-state index is 11.5. The van der Waals surface area contributed by atoms with Crippen molar-refractivity contribution in [2.24, 2.45) is 0 Å². The van der Waals surface area contributed by atoms with Crippen molar-refractivity contribution in [2.45, 2.75) is 23.4 Å². The molecule has 1 aromatic carbocycles. The number of ether oxygens (including phenoxy) is 1. The Kier molecular flexibility index (Phi) is 6.12. The molecule has 0 aliphatic carbocycles. The van der Waals surface area contributed by atoms with Gasteiger partial charge < -0.3 is 9.15 Å². The number of esters is 1. The van der Waals surface area contributed by atoms with Crippen LogP contribution in [0.25, 0.3) is 11.3 Å². The summed E-state index contributed by atoms with van der Waals surface area (Å²) in [7, 11) is 0. The first-order valence-corrected chi connectivity index (χ1v) is 9.82. The number of thiazole rings is 1. The second kappa shape index (κ2) is 8.51. The lowest BCUT2D eigenvalue weighted by Gasteiger charge is -1.98. The zero-order valence-corrected chi connectivity index (χ0v) is 15.8. The van der Waals surface area contributed by atoms with Gasteiger partial charge in [-0.3, -0.25) is 4.79 Å². The van der Waals surface area contributed by atoms with Crippen LogP contribution in [-0.4, -0.2) is 22.5 Å². The van der Waals surface area contributed by atoms with Crippen molar-refractivity contribution in [3.05, 3.63) is 52.4 Å². The van der Waals surface area contributed by atoms with Crippen molar-refractivity contribution >= 4 is 40.7 Å². The third kappa shape index (κ3) is 5.07. The second-order valence-electron chi connectivity index (χ2n) is 5.00. The lowest BCUT2D eigenvalue weighted by Crippen LogP contribution is -2.07. The van der Waals surface area contributed by atoms with E-state index < -0.39 is 0 Å². The summed E-state index contributed by atoms with van der Waals surface area (Å²) < 4.78 is 11.5. The number of carbonyl (C=O) groups is 1. The molecular weight excluding hydrogens is 380 g/mol. The normalized spacial score (nSPS) is 10.8. The highest BCUT2D eigenvalue weighted by Gasteiger charge is 2.11. The first-order valence-electron chi connectivity index (χ1n) is 7.57. The topological polar surface area (TPSA) is 65.2 Å². The number of aromatic nitrogens is 2. The average Bonchev–Trinajstić information content (AvgIpc) is 3.22. The predicted molar refractivity (Wildman–Crippen MR) is 99.0 cm³/mol. The van der Waals surface area contributed by atoms with E-state index in [0.717, 1.165) is 15.6 Å². The molecular formula is C17H15ClN2O3S2. The Morgan fingerprint density at radius 2 is 2.32 bits per heavy atom. The molecule has 0 N–H and O–H groups in total. The van der Waals surface area contributed by atoms with Gasteiger partial charge in [-0.15, -0.1) is 11.3 Å². The standard InChI is InChI=1S/C17H15ClN2O3S2/c1-2-22-16(21)7-13-9-24-17(20-13)25-10-15-19-8-14(23-15)11-4-3-5-12(18)6-11/h3-6,8-9H,2,7,10H2,1H3. The fourth-order valence-electron chi connectivity index (χ4n) is 2.07. The Bertz CT molecular complexity index is 863. The minimum Gasteiger partial charge on any atom is -0.466 e. The number of rotatable bonds is 7. The van der Waals surface area contributed by atoms with Gasteiger partial charge in [-0.2, -0.15) is 0 Å². The molecule has 0 radical (unpaired) electrons. The van der Waals surface area contributed by atoms with Crippen LogP contribution >= 0.6 is 34.7 Å². The van der Waals surface area contributed by atoms with Gasteiger partial charge in [0.1, 0.15) is 0 Å². The van der Waals surface area contributed by atoms with E-state index in [1.54, 1.807) is 13.1 Å². The van der Waals surface area contributed by atoms with Gasteiger partial charge in [0.25, 0.3) is 0 Å². The largest absolute Gasteiger partial charge is 0.466 e. The van der Waals surface area contributed by atoms with Gasteiger partial charge in [0, 0.05) is 16.0 Å². The summed E-state index contributed by atoms with van der Waals surface area (Å²) in [6, 6.07) is 7.44. The number of thioether (sulfide) groups is 1. The second-order valence-corrected chi connectivity index (χ2v) is 7.52. The molecule has 8 heteroatoms. The smallest absolute Gasteiger partial charge is 0.311 e. The van der Waals surface area contributed by atoms with Crippen LogP contribution in [0.4, 0.5) is 0 Å². The Labute approximate surface area is 158 Å². The quantitative estimate of drug-likeness (QED) is 0.421. The van der Waals surface area contributed by atoms with Crippen LogP contribution in [-0.2, 0) is 21.7 Å². The van der Waals surface area contributed by atoms with Gasteiger partial charge in [0.2, 0.25) is 5.89 Å². The number of halogens is 1. The molecule has 0 spiro atoms. The average molecular weight is 395 g/mol. The highest BCUT2D eigenvalue weighted by molar-refractivity contribution is 8.00. The van der Waals surface area contributed by atoms with Crippen molar-refractivity contribution in [1.29, 1.82) is 0 Å². The molecule has 3 rings (SSSR count). The van der Waals surface area contributed by atoms with E-state index >= 15 is 0 Å². The van der Waals surface area contributed by atoms with E-state index in [1.807, 2.05) is 29.6 Å². The van der Waals surface area contributed by atoms with Gasteiger partial charge in [-0.25, -0.2) is 9.97 Å². The summed E-state index contributed by atoms with van der Waals surface area (Å²) >= 11 is 9.01. The molecule has 25 heavy (non-hydrogen) atoms. The van der Waals surface area contributed by atoms with Gasteiger partial charge in [-0.05, 0) is 19.1 Å². The predicted octanol–water partition coefficient (Wildman–Crippen LogP) is 4.85. The van der Waals surface area contributed by atoms with E-state index in [0.29, 0.717) is 29.0 Å². The molecule has 0 amide bonds. The molecule has 3 aromatic rings. The third-order valence-electron chi connectivity index (χ3n) is 3.14. The summed E-state index contributed by atoms with van der Waals surface area (Å²) in [6.07, 6.45) is 1.89. The molecule has 0 saturated heterocycles. The molecule has 5 nitrogen and oxygen atoms in total. The van der Waals surface area contributed by atoms with Crippen molar-refractivity contribution in [1.82, 2.24) is 9.97 Å². The van der Waals surface area contributed by atoms with Gasteiger partial charge in [0.05, 0.1) is 30.7 Å². The molecule has 0 atom stereocenters. The van der Waals surface area contributed by atoms with Gasteiger partial charge >= 0.3 is 5.97 Å². The van der Waals surface area contributed by atoms with Crippen molar-refractivity contribution < 1.29 is 13.9 Å². The third-order valence-corrected chi connectivity index (χ3v) is 5.43. The van der Waals surface area contributed by atoms with E-state index in [4.69, 9.17) is 20.8 Å². The first kappa shape index (κ1) is 18.0. The highest BCUT2D eigenvalue weighted by atomic mass is 35.5. The Balaban J connectivity index is 1.57. The van der Waals surface area contributed by atoms with Crippen LogP contribution in [0, 0.1) is 0 Å². The molecule has 0 unspecified atom stereocenters. The van der Waals surface area contributed by atoms with Crippen LogP contribution in [0.5, 0.6) is 0 Å². The Morgan fingerprint density at radius 3 is 3.12 bits per heavy atom. The van der Waals surface area contributed by atoms with E-state index in [-0.39, 0.29) is 12.4 Å². The maximum absolute atomic E-state index is 11.5. The van der Waals surface area contributed by atoms with Crippen LogP contribution in [0.2, 0.25) is 5.02 Å². The Hall–Kier alpha value is -1.83. The first-order chi connectivity index (χ1) is 12.1. The number of hydrogen-bond acceptors (Lipinski definition) is 7. The van der Waals surface area contributed by atoms with Crippen molar-refractivity contribution in [3.8, 4) is 11.3 Å². The monoisotopic (exact) mass is 394 g/mol.